The Morgan fingerprint density at radius 3 is 1.06 bits per heavy atom. The van der Waals surface area contributed by atoms with Crippen LogP contribution in [-0.4, -0.2) is 164 Å². The van der Waals surface area contributed by atoms with Gasteiger partial charge in [-0.25, -0.2) is 0 Å². The summed E-state index contributed by atoms with van der Waals surface area (Å²) in [6.07, 6.45) is 24.7. The molecule has 0 aromatic rings. The second-order valence-corrected chi connectivity index (χ2v) is 21.8. The second kappa shape index (κ2) is 58.0. The lowest BCUT2D eigenvalue weighted by molar-refractivity contribution is -0.128. The lowest BCUT2D eigenvalue weighted by Gasteiger charge is -2.34. The number of carbonyl (C=O) groups excluding carboxylic acids is 7. The first kappa shape index (κ1) is 75.8. The van der Waals surface area contributed by atoms with Gasteiger partial charge in [0.15, 0.2) is 0 Å². The first-order valence-electron chi connectivity index (χ1n) is 31.0. The molecule has 0 atom stereocenters. The van der Waals surface area contributed by atoms with Gasteiger partial charge in [0, 0.05) is 102 Å². The van der Waals surface area contributed by atoms with Gasteiger partial charge in [-0.05, 0) is 51.4 Å². The lowest BCUT2D eigenvalue weighted by Crippen LogP contribution is -2.57. The van der Waals surface area contributed by atoms with Crippen LogP contribution in [0.1, 0.15) is 220 Å². The minimum atomic E-state index is -1.07. The molecule has 5 amide bonds. The van der Waals surface area contributed by atoms with E-state index in [0.29, 0.717) is 128 Å². The molecule has 18 nitrogen and oxygen atoms in total. The minimum Gasteiger partial charge on any atom is -0.379 e. The molecular weight excluding hydrogens is 1030 g/mol. The van der Waals surface area contributed by atoms with Crippen molar-refractivity contribution in [1.82, 2.24) is 26.6 Å². The average Bonchev–Trinajstić information content (AvgIpc) is 3.43. The van der Waals surface area contributed by atoms with E-state index in [0.717, 1.165) is 116 Å². The largest absolute Gasteiger partial charge is 0.379 e. The summed E-state index contributed by atoms with van der Waals surface area (Å²) in [7, 11) is 0. The Morgan fingerprint density at radius 1 is 0.316 bits per heavy atom. The van der Waals surface area contributed by atoms with Crippen LogP contribution in [0.4, 0.5) is 0 Å². The number of ether oxygens (including phenoxy) is 6. The molecule has 19 heteroatoms. The van der Waals surface area contributed by atoms with Gasteiger partial charge in [0.05, 0.1) is 78.2 Å². The third-order valence-corrected chi connectivity index (χ3v) is 14.2. The summed E-state index contributed by atoms with van der Waals surface area (Å²) in [5.41, 5.74) is -1.07. The number of thioether (sulfide) groups is 1. The highest BCUT2D eigenvalue weighted by atomic mass is 32.2. The molecule has 0 unspecified atom stereocenters. The van der Waals surface area contributed by atoms with Crippen LogP contribution in [0.2, 0.25) is 0 Å². The number of ketones is 2. The third-order valence-electron chi connectivity index (χ3n) is 12.9. The molecule has 0 heterocycles. The molecule has 5 N–H and O–H groups in total. The van der Waals surface area contributed by atoms with Crippen molar-refractivity contribution in [3.05, 3.63) is 0 Å². The van der Waals surface area contributed by atoms with Gasteiger partial charge in [0.2, 0.25) is 29.5 Å². The lowest BCUT2D eigenvalue weighted by atomic mass is 10.0. The van der Waals surface area contributed by atoms with Crippen molar-refractivity contribution < 1.29 is 62.0 Å². The van der Waals surface area contributed by atoms with E-state index in [1.54, 1.807) is 0 Å². The number of nitrogens with one attached hydrogen (secondary N) is 5. The Hall–Kier alpha value is -3.20. The van der Waals surface area contributed by atoms with E-state index in [1.807, 2.05) is 0 Å². The fraction of sp³-hybridized carbons (Fsp3) is 0.883. The maximum Gasteiger partial charge on any atom is 0.222 e. The highest BCUT2D eigenvalue weighted by Crippen LogP contribution is 2.19. The molecule has 0 radical (unpaired) electrons. The van der Waals surface area contributed by atoms with Gasteiger partial charge in [-0.15, -0.1) is 0 Å². The van der Waals surface area contributed by atoms with Crippen LogP contribution >= 0.6 is 11.8 Å². The molecule has 0 saturated carbocycles. The van der Waals surface area contributed by atoms with Crippen LogP contribution in [0.5, 0.6) is 0 Å². The Balaban J connectivity index is 5.43. The summed E-state index contributed by atoms with van der Waals surface area (Å²) >= 11 is 1.52. The maximum atomic E-state index is 13.7. The Morgan fingerprint density at radius 2 is 0.646 bits per heavy atom. The second-order valence-electron chi connectivity index (χ2n) is 20.7. The molecule has 0 aliphatic heterocycles. The molecule has 0 rings (SSSR count). The molecule has 0 fully saturated rings. The monoisotopic (exact) mass is 1140 g/mol. The molecule has 0 bridgehead atoms. The van der Waals surface area contributed by atoms with E-state index in [-0.39, 0.29) is 87.6 Å². The van der Waals surface area contributed by atoms with Gasteiger partial charge in [-0.3, -0.25) is 33.6 Å². The van der Waals surface area contributed by atoms with E-state index < -0.39 is 5.54 Å². The van der Waals surface area contributed by atoms with E-state index in [4.69, 9.17) is 28.4 Å². The predicted octanol–water partition coefficient (Wildman–Crippen LogP) is 9.06. The van der Waals surface area contributed by atoms with Gasteiger partial charge in [0.25, 0.3) is 0 Å². The number of hydrogen-bond donors (Lipinski definition) is 5. The highest BCUT2D eigenvalue weighted by Gasteiger charge is 2.33. The van der Waals surface area contributed by atoms with Crippen molar-refractivity contribution >= 4 is 52.9 Å². The van der Waals surface area contributed by atoms with Gasteiger partial charge in [0.1, 0.15) is 11.6 Å². The summed E-state index contributed by atoms with van der Waals surface area (Å²) in [6, 6.07) is 0. The maximum absolute atomic E-state index is 13.7. The van der Waals surface area contributed by atoms with Gasteiger partial charge in [-0.1, -0.05) is 111 Å². The number of unbranched alkanes of at least 4 members (excludes halogenated alkanes) is 14. The first-order valence-corrected chi connectivity index (χ1v) is 32.1. The van der Waals surface area contributed by atoms with Crippen molar-refractivity contribution in [3.8, 4) is 0 Å². The normalized spacial score (nSPS) is 11.4. The summed E-state index contributed by atoms with van der Waals surface area (Å²) in [6.45, 7) is 13.7. The fourth-order valence-electron chi connectivity index (χ4n) is 8.20. The van der Waals surface area contributed by atoms with Crippen molar-refractivity contribution in [2.24, 2.45) is 0 Å². The Bertz CT molecular complexity index is 1460. The smallest absolute Gasteiger partial charge is 0.222 e. The summed E-state index contributed by atoms with van der Waals surface area (Å²) < 4.78 is 34.5. The van der Waals surface area contributed by atoms with Crippen LogP contribution in [0, 0.1) is 0 Å². The van der Waals surface area contributed by atoms with Crippen molar-refractivity contribution in [2.45, 2.75) is 226 Å². The van der Waals surface area contributed by atoms with Gasteiger partial charge < -0.3 is 55.0 Å². The molecule has 0 aromatic heterocycles. The summed E-state index contributed by atoms with van der Waals surface area (Å²) in [5.74, 6) is 0.826. The summed E-state index contributed by atoms with van der Waals surface area (Å²) in [4.78, 5) is 88.3. The molecule has 0 aliphatic carbocycles. The Labute approximate surface area is 482 Å². The molecule has 462 valence electrons. The predicted molar refractivity (Wildman–Crippen MR) is 316 cm³/mol. The number of amides is 5. The highest BCUT2D eigenvalue weighted by molar-refractivity contribution is 7.99. The van der Waals surface area contributed by atoms with Crippen LogP contribution in [0.15, 0.2) is 0 Å². The van der Waals surface area contributed by atoms with Crippen LogP contribution in [-0.2, 0) is 62.0 Å². The van der Waals surface area contributed by atoms with Gasteiger partial charge >= 0.3 is 0 Å². The van der Waals surface area contributed by atoms with E-state index in [2.05, 4.69) is 54.3 Å². The zero-order valence-corrected chi connectivity index (χ0v) is 51.0. The third kappa shape index (κ3) is 53.9. The molecule has 0 saturated heterocycles. The van der Waals surface area contributed by atoms with Crippen LogP contribution in [0.3, 0.4) is 0 Å². The van der Waals surface area contributed by atoms with E-state index in [9.17, 15) is 33.6 Å². The molecular formula is C60H113N5O13S. The number of hydrogen-bond acceptors (Lipinski definition) is 14. The molecule has 0 spiro atoms. The average molecular weight is 1140 g/mol. The van der Waals surface area contributed by atoms with Crippen molar-refractivity contribution in [2.75, 3.05) is 117 Å². The zero-order valence-electron chi connectivity index (χ0n) is 50.2. The summed E-state index contributed by atoms with van der Waals surface area (Å²) in [5, 5.41) is 14.7. The van der Waals surface area contributed by atoms with Crippen molar-refractivity contribution in [1.29, 1.82) is 0 Å². The number of Topliss-reactive ketones (excluding diaryl/α,β-unsaturated/α-hetero) is 2. The van der Waals surface area contributed by atoms with Crippen LogP contribution < -0.4 is 26.6 Å². The number of carbonyl (C=O) groups is 7. The van der Waals surface area contributed by atoms with Crippen molar-refractivity contribution in [3.63, 3.8) is 0 Å². The molecule has 0 aliphatic rings. The molecule has 79 heavy (non-hydrogen) atoms. The number of rotatable bonds is 62. The first-order chi connectivity index (χ1) is 38.5. The Kier molecular flexibility index (Phi) is 55.7. The van der Waals surface area contributed by atoms with E-state index in [1.165, 1.54) is 31.0 Å². The standard InChI is InChI=1S/C60H113N5O13S/c1-5-9-19-26-53(66)27-22-17-15-13-12-14-16-18-23-28-54(67)34-49-79-52-60(50-77-41-31-57(70)63-37-24-35-61-55(68)29-20-10-6-2,51-78-42-32-58(71)64-38-25-36-62-56(69)30-21-11-7-3)65-59(72)33-40-74-44-46-76-48-47-75-45-43-73-39-8-4/h5-52H2,1-4H3,(H,61,68)(H,62,69)(H,63,70)(H,64,71)(H,65,72). The topological polar surface area (TPSA) is 235 Å². The quantitative estimate of drug-likeness (QED) is 0.0358. The van der Waals surface area contributed by atoms with Crippen LogP contribution in [0.25, 0.3) is 0 Å². The molecule has 0 aromatic carbocycles. The SMILES string of the molecule is CCCCCC(=O)CCCCCCCCCCCC(=O)CCSCC(COCCC(=O)NCCCNC(=O)CCCCC)(COCCC(=O)NCCCNC(=O)CCCCC)NC(=O)CCOCCOCCOCCOCCC. The van der Waals surface area contributed by atoms with E-state index >= 15 is 0 Å². The zero-order chi connectivity index (χ0) is 58.0. The minimum absolute atomic E-state index is 0.00763. The fourth-order valence-corrected chi connectivity index (χ4v) is 9.34. The van der Waals surface area contributed by atoms with Gasteiger partial charge in [-0.2, -0.15) is 11.8 Å².